The molecule has 0 saturated carbocycles. The van der Waals surface area contributed by atoms with E-state index in [1.807, 2.05) is 49.1 Å². The Morgan fingerprint density at radius 3 is 2.77 bits per heavy atom. The van der Waals surface area contributed by atoms with Crippen molar-refractivity contribution >= 4 is 11.7 Å². The van der Waals surface area contributed by atoms with Gasteiger partial charge in [0.2, 0.25) is 0 Å². The first-order chi connectivity index (χ1) is 12.6. The standard InChI is InChI=1S/C19H21N5O2/c1-11-15(12(2)26-23-11)14-9-6-10-24(14)19(25)17-16(18(20)22-21-17)13-7-4-3-5-8-13/h3-5,7-8,14H,6,9-10H2,1-2H3,(H3,20,21,22)/t14-/m0/s1. The van der Waals surface area contributed by atoms with Crippen molar-refractivity contribution in [3.63, 3.8) is 0 Å². The Kier molecular flexibility index (Phi) is 3.99. The van der Waals surface area contributed by atoms with Crippen LogP contribution < -0.4 is 5.73 Å². The van der Waals surface area contributed by atoms with E-state index < -0.39 is 0 Å². The molecule has 3 heterocycles. The van der Waals surface area contributed by atoms with E-state index in [-0.39, 0.29) is 11.9 Å². The largest absolute Gasteiger partial charge is 0.382 e. The zero-order valence-corrected chi connectivity index (χ0v) is 14.8. The number of nitrogens with one attached hydrogen (secondary N) is 1. The predicted octanol–water partition coefficient (Wildman–Crippen LogP) is 3.24. The maximum absolute atomic E-state index is 13.3. The van der Waals surface area contributed by atoms with Gasteiger partial charge in [-0.3, -0.25) is 9.89 Å². The number of aromatic nitrogens is 3. The normalized spacial score (nSPS) is 17.0. The van der Waals surface area contributed by atoms with E-state index in [9.17, 15) is 4.79 Å². The SMILES string of the molecule is Cc1noc(C)c1[C@@H]1CCCN1C(=O)c1[nH]nc(N)c1-c1ccccc1. The van der Waals surface area contributed by atoms with Crippen LogP contribution in [0.4, 0.5) is 5.82 Å². The van der Waals surface area contributed by atoms with Gasteiger partial charge in [0.05, 0.1) is 17.3 Å². The fourth-order valence-corrected chi connectivity index (χ4v) is 3.83. The lowest BCUT2D eigenvalue weighted by molar-refractivity contribution is 0.0729. The highest BCUT2D eigenvalue weighted by molar-refractivity contribution is 6.01. The second-order valence-corrected chi connectivity index (χ2v) is 6.62. The second kappa shape index (κ2) is 6.33. The molecule has 1 aromatic carbocycles. The van der Waals surface area contributed by atoms with Crippen LogP contribution in [0, 0.1) is 13.8 Å². The highest BCUT2D eigenvalue weighted by atomic mass is 16.5. The summed E-state index contributed by atoms with van der Waals surface area (Å²) in [6.45, 7) is 4.48. The molecule has 1 amide bonds. The molecule has 1 aliphatic rings. The molecule has 3 N–H and O–H groups in total. The van der Waals surface area contributed by atoms with Gasteiger partial charge in [-0.1, -0.05) is 35.5 Å². The van der Waals surface area contributed by atoms with Crippen LogP contribution in [0.15, 0.2) is 34.9 Å². The van der Waals surface area contributed by atoms with Gasteiger partial charge in [0, 0.05) is 12.1 Å². The van der Waals surface area contributed by atoms with Crippen molar-refractivity contribution in [1.29, 1.82) is 0 Å². The zero-order valence-electron chi connectivity index (χ0n) is 14.8. The summed E-state index contributed by atoms with van der Waals surface area (Å²) in [5, 5.41) is 11.0. The van der Waals surface area contributed by atoms with Gasteiger partial charge in [0.15, 0.2) is 5.82 Å². The van der Waals surface area contributed by atoms with Crippen molar-refractivity contribution < 1.29 is 9.32 Å². The van der Waals surface area contributed by atoms with E-state index in [1.165, 1.54) is 0 Å². The summed E-state index contributed by atoms with van der Waals surface area (Å²) in [5.74, 6) is 0.989. The number of nitrogens with zero attached hydrogens (tertiary/aromatic N) is 3. The number of hydrogen-bond acceptors (Lipinski definition) is 5. The van der Waals surface area contributed by atoms with E-state index in [2.05, 4.69) is 15.4 Å². The fraction of sp³-hybridized carbons (Fsp3) is 0.316. The van der Waals surface area contributed by atoms with Crippen molar-refractivity contribution in [3.8, 4) is 11.1 Å². The number of aromatic amines is 1. The smallest absolute Gasteiger partial charge is 0.273 e. The van der Waals surface area contributed by atoms with E-state index >= 15 is 0 Å². The van der Waals surface area contributed by atoms with Crippen molar-refractivity contribution in [3.05, 3.63) is 53.0 Å². The predicted molar refractivity (Wildman–Crippen MR) is 97.4 cm³/mol. The third-order valence-electron chi connectivity index (χ3n) is 5.01. The van der Waals surface area contributed by atoms with Gasteiger partial charge in [-0.05, 0) is 32.3 Å². The van der Waals surface area contributed by atoms with Gasteiger partial charge in [-0.15, -0.1) is 0 Å². The monoisotopic (exact) mass is 351 g/mol. The van der Waals surface area contributed by atoms with Gasteiger partial charge in [0.1, 0.15) is 11.5 Å². The molecule has 134 valence electrons. The first kappa shape index (κ1) is 16.4. The van der Waals surface area contributed by atoms with Crippen LogP contribution in [-0.2, 0) is 0 Å². The minimum absolute atomic E-state index is 0.0399. The number of nitrogen functional groups attached to an aromatic ring is 1. The molecule has 7 heteroatoms. The molecule has 0 bridgehead atoms. The fourth-order valence-electron chi connectivity index (χ4n) is 3.83. The second-order valence-electron chi connectivity index (χ2n) is 6.62. The Labute approximate surface area is 151 Å². The number of H-pyrrole nitrogens is 1. The molecule has 0 unspecified atom stereocenters. The highest BCUT2D eigenvalue weighted by Gasteiger charge is 2.36. The van der Waals surface area contributed by atoms with Crippen molar-refractivity contribution in [1.82, 2.24) is 20.3 Å². The quantitative estimate of drug-likeness (QED) is 0.754. The molecule has 26 heavy (non-hydrogen) atoms. The molecule has 1 atom stereocenters. The molecule has 2 aromatic heterocycles. The van der Waals surface area contributed by atoms with Gasteiger partial charge < -0.3 is 15.2 Å². The lowest BCUT2D eigenvalue weighted by atomic mass is 10.0. The molecular formula is C19H21N5O2. The maximum atomic E-state index is 13.3. The van der Waals surface area contributed by atoms with E-state index in [4.69, 9.17) is 10.3 Å². The average molecular weight is 351 g/mol. The summed E-state index contributed by atoms with van der Waals surface area (Å²) in [7, 11) is 0. The molecule has 0 radical (unpaired) electrons. The Bertz CT molecular complexity index is 925. The zero-order chi connectivity index (χ0) is 18.3. The number of carbonyl (C=O) groups excluding carboxylic acids is 1. The Balaban J connectivity index is 1.73. The summed E-state index contributed by atoms with van der Waals surface area (Å²) < 4.78 is 5.31. The van der Waals surface area contributed by atoms with Gasteiger partial charge >= 0.3 is 0 Å². The summed E-state index contributed by atoms with van der Waals surface area (Å²) in [6.07, 6.45) is 1.82. The molecule has 1 fully saturated rings. The van der Waals surface area contributed by atoms with Crippen molar-refractivity contribution in [2.24, 2.45) is 0 Å². The minimum atomic E-state index is -0.101. The molecule has 4 rings (SSSR count). The Morgan fingerprint density at radius 2 is 2.08 bits per heavy atom. The number of rotatable bonds is 3. The van der Waals surface area contributed by atoms with Crippen LogP contribution in [0.3, 0.4) is 0 Å². The first-order valence-corrected chi connectivity index (χ1v) is 8.71. The van der Waals surface area contributed by atoms with Crippen LogP contribution in [0.5, 0.6) is 0 Å². The third kappa shape index (κ3) is 2.56. The van der Waals surface area contributed by atoms with Crippen LogP contribution in [0.1, 0.15) is 46.4 Å². The van der Waals surface area contributed by atoms with Gasteiger partial charge in [-0.25, -0.2) is 0 Å². The van der Waals surface area contributed by atoms with E-state index in [0.717, 1.165) is 35.4 Å². The van der Waals surface area contributed by atoms with E-state index in [1.54, 1.807) is 0 Å². The Morgan fingerprint density at radius 1 is 1.31 bits per heavy atom. The highest BCUT2D eigenvalue weighted by Crippen LogP contribution is 2.38. The Hall–Kier alpha value is -3.09. The number of carbonyl (C=O) groups is 1. The minimum Gasteiger partial charge on any atom is -0.382 e. The van der Waals surface area contributed by atoms with Crippen LogP contribution in [0.2, 0.25) is 0 Å². The number of likely N-dealkylation sites (tertiary alicyclic amines) is 1. The average Bonchev–Trinajstić information content (AvgIpc) is 3.34. The van der Waals surface area contributed by atoms with Gasteiger partial charge in [-0.2, -0.15) is 5.10 Å². The molecule has 1 saturated heterocycles. The lowest BCUT2D eigenvalue weighted by Crippen LogP contribution is -2.31. The summed E-state index contributed by atoms with van der Waals surface area (Å²) >= 11 is 0. The molecule has 3 aromatic rings. The molecule has 0 aliphatic carbocycles. The molecular weight excluding hydrogens is 330 g/mol. The maximum Gasteiger partial charge on any atom is 0.273 e. The number of aryl methyl sites for hydroxylation is 2. The summed E-state index contributed by atoms with van der Waals surface area (Å²) in [4.78, 5) is 15.2. The molecule has 7 nitrogen and oxygen atoms in total. The van der Waals surface area contributed by atoms with Gasteiger partial charge in [0.25, 0.3) is 5.91 Å². The summed E-state index contributed by atoms with van der Waals surface area (Å²) in [6, 6.07) is 9.57. The molecule has 0 spiro atoms. The van der Waals surface area contributed by atoms with Crippen LogP contribution in [-0.4, -0.2) is 32.7 Å². The lowest BCUT2D eigenvalue weighted by Gasteiger charge is -2.24. The number of benzene rings is 1. The number of hydrogen-bond donors (Lipinski definition) is 2. The third-order valence-corrected chi connectivity index (χ3v) is 5.01. The van der Waals surface area contributed by atoms with Crippen molar-refractivity contribution in [2.45, 2.75) is 32.7 Å². The van der Waals surface area contributed by atoms with Crippen LogP contribution in [0.25, 0.3) is 11.1 Å². The number of amides is 1. The number of nitrogens with two attached hydrogens (primary N) is 1. The van der Waals surface area contributed by atoms with E-state index in [0.29, 0.717) is 23.6 Å². The first-order valence-electron chi connectivity index (χ1n) is 8.71. The number of anilines is 1. The molecule has 1 aliphatic heterocycles. The topological polar surface area (TPSA) is 101 Å². The summed E-state index contributed by atoms with van der Waals surface area (Å²) in [5.41, 5.74) is 9.83. The van der Waals surface area contributed by atoms with Crippen LogP contribution >= 0.6 is 0 Å². The van der Waals surface area contributed by atoms with Crippen molar-refractivity contribution in [2.75, 3.05) is 12.3 Å².